The fourth-order valence-electron chi connectivity index (χ4n) is 3.08. The van der Waals surface area contributed by atoms with E-state index in [2.05, 4.69) is 10.3 Å². The van der Waals surface area contributed by atoms with Crippen LogP contribution in [-0.4, -0.2) is 42.0 Å². The molecule has 2 aliphatic heterocycles. The number of carbonyl (C=O) groups is 1. The number of halogens is 3. The predicted molar refractivity (Wildman–Crippen MR) is 74.4 cm³/mol. The summed E-state index contributed by atoms with van der Waals surface area (Å²) in [5, 5.41) is 3.29. The highest BCUT2D eigenvalue weighted by Gasteiger charge is 2.49. The lowest BCUT2D eigenvalue weighted by molar-refractivity contribution is -0.0251. The molecule has 2 saturated heterocycles. The lowest BCUT2D eigenvalue weighted by Gasteiger charge is -2.55. The van der Waals surface area contributed by atoms with Crippen LogP contribution in [0.3, 0.4) is 0 Å². The zero-order valence-corrected chi connectivity index (χ0v) is 11.7. The standard InChI is InChI=1S/C14H12ClF2N3O/c15-8-1-7-2-9(19-12(7)11(17)10(8)16)13(21)20-5-14(6-20)3-18-4-14/h1-2,18-19H,3-6H2. The average Bonchev–Trinajstić information content (AvgIpc) is 2.76. The van der Waals surface area contributed by atoms with E-state index in [0.717, 1.165) is 13.1 Å². The summed E-state index contributed by atoms with van der Waals surface area (Å²) < 4.78 is 27.2. The molecule has 0 radical (unpaired) electrons. The van der Waals surface area contributed by atoms with Crippen LogP contribution in [-0.2, 0) is 0 Å². The van der Waals surface area contributed by atoms with Gasteiger partial charge in [-0.3, -0.25) is 4.79 Å². The fourth-order valence-corrected chi connectivity index (χ4v) is 3.28. The first-order valence-electron chi connectivity index (χ1n) is 6.65. The molecule has 1 spiro atoms. The summed E-state index contributed by atoms with van der Waals surface area (Å²) in [5.41, 5.74) is 0.455. The van der Waals surface area contributed by atoms with Gasteiger partial charge >= 0.3 is 0 Å². The van der Waals surface area contributed by atoms with Crippen molar-refractivity contribution in [3.8, 4) is 0 Å². The van der Waals surface area contributed by atoms with Crippen LogP contribution in [0, 0.1) is 17.0 Å². The Morgan fingerprint density at radius 2 is 1.95 bits per heavy atom. The maximum Gasteiger partial charge on any atom is 0.270 e. The van der Waals surface area contributed by atoms with Gasteiger partial charge in [0.05, 0.1) is 10.5 Å². The van der Waals surface area contributed by atoms with Crippen molar-refractivity contribution in [2.75, 3.05) is 26.2 Å². The summed E-state index contributed by atoms with van der Waals surface area (Å²) in [6, 6.07) is 2.83. The predicted octanol–water partition coefficient (Wildman–Crippen LogP) is 2.14. The number of aromatic amines is 1. The van der Waals surface area contributed by atoms with Gasteiger partial charge in [-0.15, -0.1) is 0 Å². The van der Waals surface area contributed by atoms with Gasteiger partial charge in [-0.05, 0) is 12.1 Å². The van der Waals surface area contributed by atoms with Crippen LogP contribution in [0.4, 0.5) is 8.78 Å². The van der Waals surface area contributed by atoms with Gasteiger partial charge in [-0.1, -0.05) is 11.6 Å². The lowest BCUT2D eigenvalue weighted by Crippen LogP contribution is -2.71. The minimum absolute atomic E-state index is 0.0270. The van der Waals surface area contributed by atoms with E-state index in [4.69, 9.17) is 11.6 Å². The Hall–Kier alpha value is -1.66. The molecule has 2 N–H and O–H groups in total. The van der Waals surface area contributed by atoms with Crippen LogP contribution in [0.2, 0.25) is 5.02 Å². The van der Waals surface area contributed by atoms with Crippen molar-refractivity contribution >= 4 is 28.4 Å². The summed E-state index contributed by atoms with van der Waals surface area (Å²) in [6.07, 6.45) is 0. The van der Waals surface area contributed by atoms with Crippen molar-refractivity contribution in [1.29, 1.82) is 0 Å². The third-order valence-corrected chi connectivity index (χ3v) is 4.60. The fraction of sp³-hybridized carbons (Fsp3) is 0.357. The van der Waals surface area contributed by atoms with Gasteiger partial charge in [-0.2, -0.15) is 0 Å². The number of aromatic nitrogens is 1. The van der Waals surface area contributed by atoms with E-state index in [-0.39, 0.29) is 27.6 Å². The van der Waals surface area contributed by atoms with Crippen LogP contribution in [0.15, 0.2) is 12.1 Å². The number of hydrogen-bond donors (Lipinski definition) is 2. The quantitative estimate of drug-likeness (QED) is 0.793. The number of hydrogen-bond acceptors (Lipinski definition) is 2. The molecule has 1 amide bonds. The first kappa shape index (κ1) is 13.0. The maximum atomic E-state index is 13.8. The van der Waals surface area contributed by atoms with Gasteiger partial charge < -0.3 is 15.2 Å². The zero-order chi connectivity index (χ0) is 14.8. The van der Waals surface area contributed by atoms with Gasteiger partial charge in [0, 0.05) is 37.0 Å². The van der Waals surface area contributed by atoms with Crippen LogP contribution >= 0.6 is 11.6 Å². The zero-order valence-electron chi connectivity index (χ0n) is 11.0. The van der Waals surface area contributed by atoms with Gasteiger partial charge in [-0.25, -0.2) is 8.78 Å². The number of H-pyrrole nitrogens is 1. The van der Waals surface area contributed by atoms with E-state index in [1.54, 1.807) is 4.90 Å². The van der Waals surface area contributed by atoms with Crippen LogP contribution in [0.1, 0.15) is 10.5 Å². The van der Waals surface area contributed by atoms with Crippen molar-refractivity contribution in [3.63, 3.8) is 0 Å². The highest BCUT2D eigenvalue weighted by atomic mass is 35.5. The van der Waals surface area contributed by atoms with Crippen molar-refractivity contribution in [3.05, 3.63) is 34.5 Å². The molecule has 4 nitrogen and oxygen atoms in total. The first-order valence-corrected chi connectivity index (χ1v) is 7.03. The molecular weight excluding hydrogens is 300 g/mol. The second-order valence-electron chi connectivity index (χ2n) is 5.90. The Morgan fingerprint density at radius 3 is 2.57 bits per heavy atom. The summed E-state index contributed by atoms with van der Waals surface area (Å²) >= 11 is 5.62. The Balaban J connectivity index is 1.65. The average molecular weight is 312 g/mol. The summed E-state index contributed by atoms with van der Waals surface area (Å²) in [5.74, 6) is -2.35. The number of carbonyl (C=O) groups excluding carboxylic acids is 1. The van der Waals surface area contributed by atoms with E-state index >= 15 is 0 Å². The molecule has 7 heteroatoms. The Kier molecular flexibility index (Phi) is 2.59. The minimum Gasteiger partial charge on any atom is -0.348 e. The van der Waals surface area contributed by atoms with Gasteiger partial charge in [0.25, 0.3) is 5.91 Å². The number of likely N-dealkylation sites (tertiary alicyclic amines) is 1. The number of benzene rings is 1. The first-order chi connectivity index (χ1) is 9.99. The molecule has 2 aliphatic rings. The Morgan fingerprint density at radius 1 is 1.24 bits per heavy atom. The van der Waals surface area contributed by atoms with Gasteiger partial charge in [0.15, 0.2) is 11.6 Å². The molecule has 1 aromatic heterocycles. The molecule has 21 heavy (non-hydrogen) atoms. The van der Waals surface area contributed by atoms with E-state index < -0.39 is 11.6 Å². The van der Waals surface area contributed by atoms with Crippen LogP contribution < -0.4 is 5.32 Å². The molecule has 1 aromatic carbocycles. The molecule has 4 rings (SSSR count). The molecule has 0 unspecified atom stereocenters. The van der Waals surface area contributed by atoms with Crippen molar-refractivity contribution < 1.29 is 13.6 Å². The molecule has 0 bridgehead atoms. The van der Waals surface area contributed by atoms with E-state index in [9.17, 15) is 13.6 Å². The largest absolute Gasteiger partial charge is 0.348 e. The second-order valence-corrected chi connectivity index (χ2v) is 6.31. The van der Waals surface area contributed by atoms with E-state index in [1.165, 1.54) is 12.1 Å². The lowest BCUT2D eigenvalue weighted by atomic mass is 9.74. The highest BCUT2D eigenvalue weighted by molar-refractivity contribution is 6.31. The molecule has 2 aromatic rings. The van der Waals surface area contributed by atoms with Crippen LogP contribution in [0.25, 0.3) is 10.9 Å². The Labute approximate surface area is 124 Å². The third kappa shape index (κ3) is 1.79. The number of fused-ring (bicyclic) bond motifs is 1. The third-order valence-electron chi connectivity index (χ3n) is 4.32. The molecule has 0 atom stereocenters. The number of amides is 1. The molecule has 110 valence electrons. The highest BCUT2D eigenvalue weighted by Crippen LogP contribution is 2.35. The van der Waals surface area contributed by atoms with Crippen molar-refractivity contribution in [2.24, 2.45) is 5.41 Å². The monoisotopic (exact) mass is 311 g/mol. The number of nitrogens with zero attached hydrogens (tertiary/aromatic N) is 1. The Bertz CT molecular complexity index is 761. The normalized spacial score (nSPS) is 19.7. The van der Waals surface area contributed by atoms with E-state index in [1.807, 2.05) is 0 Å². The maximum absolute atomic E-state index is 13.8. The van der Waals surface area contributed by atoms with Gasteiger partial charge in [0.1, 0.15) is 5.69 Å². The summed E-state index contributed by atoms with van der Waals surface area (Å²) in [7, 11) is 0. The molecule has 3 heterocycles. The topological polar surface area (TPSA) is 48.1 Å². The SMILES string of the molecule is O=C(c1cc2cc(Cl)c(F)c(F)c2[nH]1)N1CC2(CNC2)C1. The molecule has 0 saturated carbocycles. The molecule has 2 fully saturated rings. The second kappa shape index (κ2) is 4.18. The molecular formula is C14H12ClF2N3O. The van der Waals surface area contributed by atoms with E-state index in [0.29, 0.717) is 18.5 Å². The molecule has 0 aliphatic carbocycles. The smallest absolute Gasteiger partial charge is 0.270 e. The number of rotatable bonds is 1. The minimum atomic E-state index is -1.10. The van der Waals surface area contributed by atoms with Gasteiger partial charge in [0.2, 0.25) is 0 Å². The summed E-state index contributed by atoms with van der Waals surface area (Å²) in [6.45, 7) is 3.26. The summed E-state index contributed by atoms with van der Waals surface area (Å²) in [4.78, 5) is 16.7. The number of nitrogens with one attached hydrogen (secondary N) is 2. The van der Waals surface area contributed by atoms with Crippen molar-refractivity contribution in [1.82, 2.24) is 15.2 Å². The van der Waals surface area contributed by atoms with Crippen LogP contribution in [0.5, 0.6) is 0 Å². The van der Waals surface area contributed by atoms with Crippen molar-refractivity contribution in [2.45, 2.75) is 0 Å².